The first-order valence-electron chi connectivity index (χ1n) is 5.64. The lowest BCUT2D eigenvalue weighted by Crippen LogP contribution is -2.57. The molecule has 0 saturated carbocycles. The van der Waals surface area contributed by atoms with Gasteiger partial charge in [-0.05, 0) is 12.1 Å². The first-order chi connectivity index (χ1) is 9.12. The normalized spacial score (nSPS) is 18.5. The van der Waals surface area contributed by atoms with Crippen LogP contribution < -0.4 is 14.8 Å². The van der Waals surface area contributed by atoms with Crippen molar-refractivity contribution in [3.05, 3.63) is 18.2 Å². The van der Waals surface area contributed by atoms with E-state index in [4.69, 9.17) is 19.3 Å². The number of carboxylic acids is 1. The Morgan fingerprint density at radius 2 is 1.95 bits per heavy atom. The number of hydrogen-bond acceptors (Lipinski definition) is 5. The maximum atomic E-state index is 12.0. The van der Waals surface area contributed by atoms with Crippen LogP contribution in [0, 0.1) is 5.41 Å². The third-order valence-electron chi connectivity index (χ3n) is 3.17. The van der Waals surface area contributed by atoms with Crippen LogP contribution in [0.1, 0.15) is 0 Å². The van der Waals surface area contributed by atoms with E-state index in [1.54, 1.807) is 18.2 Å². The summed E-state index contributed by atoms with van der Waals surface area (Å²) in [5, 5.41) is 11.7. The van der Waals surface area contributed by atoms with Crippen LogP contribution in [0.5, 0.6) is 11.5 Å². The Hall–Kier alpha value is -2.28. The minimum Gasteiger partial charge on any atom is -0.480 e. The predicted octanol–water partition coefficient (Wildman–Crippen LogP) is 0.455. The standard InChI is InChI=1S/C12H11NO6/c14-10(12(11(15)16)4-17-5-12)13-7-1-2-8-9(3-7)19-6-18-8/h1-3H,4-6H2,(H,13,14)(H,15,16). The van der Waals surface area contributed by atoms with E-state index in [0.29, 0.717) is 17.2 Å². The van der Waals surface area contributed by atoms with Gasteiger partial charge in [-0.15, -0.1) is 0 Å². The zero-order valence-corrected chi connectivity index (χ0v) is 9.84. The molecule has 0 atom stereocenters. The minimum atomic E-state index is -1.49. The highest BCUT2D eigenvalue weighted by Gasteiger charge is 2.53. The second-order valence-corrected chi connectivity index (χ2v) is 4.40. The Bertz CT molecular complexity index is 551. The van der Waals surface area contributed by atoms with Crippen LogP contribution >= 0.6 is 0 Å². The molecule has 0 aromatic heterocycles. The lowest BCUT2D eigenvalue weighted by atomic mass is 9.85. The predicted molar refractivity (Wildman–Crippen MR) is 62.1 cm³/mol. The van der Waals surface area contributed by atoms with Gasteiger partial charge in [-0.25, -0.2) is 0 Å². The van der Waals surface area contributed by atoms with Gasteiger partial charge in [0, 0.05) is 11.8 Å². The van der Waals surface area contributed by atoms with Crippen LogP contribution in [0.4, 0.5) is 5.69 Å². The number of nitrogens with one attached hydrogen (secondary N) is 1. The molecule has 0 bridgehead atoms. The molecule has 0 radical (unpaired) electrons. The number of rotatable bonds is 3. The van der Waals surface area contributed by atoms with Crippen molar-refractivity contribution in [3.8, 4) is 11.5 Å². The van der Waals surface area contributed by atoms with Crippen molar-refractivity contribution in [1.82, 2.24) is 0 Å². The van der Waals surface area contributed by atoms with E-state index in [1.807, 2.05) is 0 Å². The molecule has 1 fully saturated rings. The van der Waals surface area contributed by atoms with Crippen LogP contribution in [-0.4, -0.2) is 37.0 Å². The first kappa shape index (κ1) is 11.8. The Morgan fingerprint density at radius 1 is 1.21 bits per heavy atom. The quantitative estimate of drug-likeness (QED) is 0.771. The number of benzene rings is 1. The van der Waals surface area contributed by atoms with Crippen LogP contribution in [0.2, 0.25) is 0 Å². The van der Waals surface area contributed by atoms with Gasteiger partial charge < -0.3 is 24.6 Å². The average molecular weight is 265 g/mol. The van der Waals surface area contributed by atoms with E-state index in [9.17, 15) is 9.59 Å². The van der Waals surface area contributed by atoms with Gasteiger partial charge in [-0.2, -0.15) is 0 Å². The summed E-state index contributed by atoms with van der Waals surface area (Å²) in [4.78, 5) is 23.2. The molecule has 0 unspecified atom stereocenters. The smallest absolute Gasteiger partial charge is 0.324 e. The third kappa shape index (κ3) is 1.78. The molecule has 2 heterocycles. The maximum Gasteiger partial charge on any atom is 0.324 e. The molecular weight excluding hydrogens is 254 g/mol. The monoisotopic (exact) mass is 265 g/mol. The highest BCUT2D eigenvalue weighted by molar-refractivity contribution is 6.09. The number of amides is 1. The van der Waals surface area contributed by atoms with E-state index in [-0.39, 0.29) is 20.0 Å². The number of anilines is 1. The number of carboxylic acid groups (broad SMARTS) is 1. The molecule has 1 aromatic carbocycles. The molecule has 1 saturated heterocycles. The maximum absolute atomic E-state index is 12.0. The molecule has 3 rings (SSSR count). The molecule has 2 aliphatic heterocycles. The van der Waals surface area contributed by atoms with E-state index in [0.717, 1.165) is 0 Å². The fourth-order valence-electron chi connectivity index (χ4n) is 1.88. The summed E-state index contributed by atoms with van der Waals surface area (Å²) in [7, 11) is 0. The zero-order valence-electron chi connectivity index (χ0n) is 9.84. The molecule has 1 aromatic rings. The molecular formula is C12H11NO6. The molecule has 100 valence electrons. The van der Waals surface area contributed by atoms with Crippen molar-refractivity contribution >= 4 is 17.6 Å². The minimum absolute atomic E-state index is 0.112. The van der Waals surface area contributed by atoms with Crippen LogP contribution in [0.15, 0.2) is 18.2 Å². The molecule has 1 amide bonds. The van der Waals surface area contributed by atoms with Crippen LogP contribution in [0.25, 0.3) is 0 Å². The molecule has 19 heavy (non-hydrogen) atoms. The molecule has 0 spiro atoms. The number of hydrogen-bond donors (Lipinski definition) is 2. The largest absolute Gasteiger partial charge is 0.480 e. The van der Waals surface area contributed by atoms with Crippen molar-refractivity contribution in [1.29, 1.82) is 0 Å². The average Bonchev–Trinajstić information content (AvgIpc) is 2.73. The Morgan fingerprint density at radius 3 is 2.58 bits per heavy atom. The van der Waals surface area contributed by atoms with Gasteiger partial charge in [-0.3, -0.25) is 9.59 Å². The fourth-order valence-corrected chi connectivity index (χ4v) is 1.88. The summed E-state index contributed by atoms with van der Waals surface area (Å²) >= 11 is 0. The fraction of sp³-hybridized carbons (Fsp3) is 0.333. The number of carbonyl (C=O) groups is 2. The Balaban J connectivity index is 1.78. The van der Waals surface area contributed by atoms with E-state index < -0.39 is 17.3 Å². The van der Waals surface area contributed by atoms with Crippen molar-refractivity contribution in [2.45, 2.75) is 0 Å². The SMILES string of the molecule is O=C(O)C1(C(=O)Nc2ccc3c(c2)OCO3)COC1. The molecule has 7 nitrogen and oxygen atoms in total. The summed E-state index contributed by atoms with van der Waals surface area (Å²) < 4.78 is 15.2. The van der Waals surface area contributed by atoms with Gasteiger partial charge >= 0.3 is 5.97 Å². The lowest BCUT2D eigenvalue weighted by molar-refractivity contribution is -0.182. The number of fused-ring (bicyclic) bond motifs is 1. The summed E-state index contributed by atoms with van der Waals surface area (Å²) in [5.41, 5.74) is -1.03. The van der Waals surface area contributed by atoms with Gasteiger partial charge in [0.2, 0.25) is 12.7 Å². The second-order valence-electron chi connectivity index (χ2n) is 4.40. The van der Waals surface area contributed by atoms with Gasteiger partial charge in [0.05, 0.1) is 13.2 Å². The topological polar surface area (TPSA) is 94.1 Å². The first-order valence-corrected chi connectivity index (χ1v) is 5.64. The lowest BCUT2D eigenvalue weighted by Gasteiger charge is -2.35. The van der Waals surface area contributed by atoms with E-state index >= 15 is 0 Å². The van der Waals surface area contributed by atoms with Crippen molar-refractivity contribution in [2.75, 3.05) is 25.3 Å². The van der Waals surface area contributed by atoms with Gasteiger partial charge in [0.1, 0.15) is 0 Å². The number of aliphatic carboxylic acids is 1. The highest BCUT2D eigenvalue weighted by Crippen LogP contribution is 2.35. The zero-order chi connectivity index (χ0) is 13.5. The van der Waals surface area contributed by atoms with Gasteiger partial charge in [-0.1, -0.05) is 0 Å². The number of ether oxygens (including phenoxy) is 3. The van der Waals surface area contributed by atoms with E-state index in [1.165, 1.54) is 0 Å². The van der Waals surface area contributed by atoms with Gasteiger partial charge in [0.25, 0.3) is 0 Å². The Labute approximate surface area is 108 Å². The third-order valence-corrected chi connectivity index (χ3v) is 3.17. The molecule has 7 heteroatoms. The molecule has 2 aliphatic rings. The van der Waals surface area contributed by atoms with Crippen molar-refractivity contribution < 1.29 is 28.9 Å². The summed E-state index contributed by atoms with van der Waals surface area (Å²) in [6.45, 7) is -0.0862. The van der Waals surface area contributed by atoms with Crippen LogP contribution in [0.3, 0.4) is 0 Å². The van der Waals surface area contributed by atoms with Crippen molar-refractivity contribution in [2.24, 2.45) is 5.41 Å². The summed E-state index contributed by atoms with van der Waals surface area (Å²) in [5.74, 6) is -0.660. The van der Waals surface area contributed by atoms with E-state index in [2.05, 4.69) is 5.32 Å². The highest BCUT2D eigenvalue weighted by atomic mass is 16.7. The number of carbonyl (C=O) groups excluding carboxylic acids is 1. The van der Waals surface area contributed by atoms with Gasteiger partial charge in [0.15, 0.2) is 16.9 Å². The molecule has 0 aliphatic carbocycles. The van der Waals surface area contributed by atoms with Crippen LogP contribution in [-0.2, 0) is 14.3 Å². The second kappa shape index (κ2) is 4.13. The summed E-state index contributed by atoms with van der Waals surface area (Å²) in [6, 6.07) is 4.87. The van der Waals surface area contributed by atoms with Crippen molar-refractivity contribution in [3.63, 3.8) is 0 Å². The molecule has 2 N–H and O–H groups in total. The summed E-state index contributed by atoms with van der Waals surface area (Å²) in [6.07, 6.45) is 0. The Kier molecular flexibility index (Phi) is 2.56.